The van der Waals surface area contributed by atoms with E-state index in [0.717, 1.165) is 22.7 Å². The summed E-state index contributed by atoms with van der Waals surface area (Å²) in [4.78, 5) is 26.6. The summed E-state index contributed by atoms with van der Waals surface area (Å²) < 4.78 is 1.15. The van der Waals surface area contributed by atoms with Gasteiger partial charge in [-0.3, -0.25) is 0 Å². The molecule has 5 heteroatoms. The van der Waals surface area contributed by atoms with Crippen LogP contribution in [0.15, 0.2) is 24.4 Å². The van der Waals surface area contributed by atoms with E-state index in [1.54, 1.807) is 18.3 Å². The van der Waals surface area contributed by atoms with Crippen molar-refractivity contribution in [3.05, 3.63) is 30.0 Å². The molecule has 129 valence electrons. The molecule has 0 unspecified atom stereocenters. The van der Waals surface area contributed by atoms with E-state index >= 15 is 0 Å². The van der Waals surface area contributed by atoms with Crippen molar-refractivity contribution < 1.29 is 14.7 Å². The average molecular weight is 390 g/mol. The van der Waals surface area contributed by atoms with E-state index in [1.165, 1.54) is 32.1 Å². The van der Waals surface area contributed by atoms with Gasteiger partial charge in [-0.1, -0.05) is 0 Å². The standard InChI is InChI=1S/C19H25AsNO3/c1-2-3-4-5-6-7-8-9-18(22)20-14-12-16(19(23)24)15-10-11-21-17(15)13-14/h10-13,21H,2-9H2,1H3,(H,23,24). The van der Waals surface area contributed by atoms with Gasteiger partial charge in [0, 0.05) is 0 Å². The fourth-order valence-corrected chi connectivity index (χ4v) is 4.81. The van der Waals surface area contributed by atoms with Gasteiger partial charge in [-0.15, -0.1) is 0 Å². The molecule has 0 bridgehead atoms. The zero-order valence-corrected chi connectivity index (χ0v) is 16.1. The second-order valence-corrected chi connectivity index (χ2v) is 8.71. The third-order valence-corrected chi connectivity index (χ3v) is 6.21. The first kappa shape index (κ1) is 18.8. The van der Waals surface area contributed by atoms with Crippen LogP contribution in [0.5, 0.6) is 0 Å². The molecule has 1 radical (unpaired) electrons. The Hall–Kier alpha value is -1.54. The number of H-pyrrole nitrogens is 1. The van der Waals surface area contributed by atoms with E-state index in [4.69, 9.17) is 0 Å². The average Bonchev–Trinajstić information content (AvgIpc) is 3.01. The summed E-state index contributed by atoms with van der Waals surface area (Å²) in [7, 11) is 0. The van der Waals surface area contributed by atoms with Gasteiger partial charge in [-0.05, 0) is 0 Å². The van der Waals surface area contributed by atoms with Crippen molar-refractivity contribution in [1.82, 2.24) is 4.98 Å². The number of carboxylic acid groups (broad SMARTS) is 1. The molecule has 0 amide bonds. The Morgan fingerprint density at radius 2 is 1.79 bits per heavy atom. The number of benzene rings is 1. The molecule has 0 aliphatic rings. The first-order chi connectivity index (χ1) is 11.6. The number of carbonyl (C=O) groups is 2. The van der Waals surface area contributed by atoms with E-state index in [2.05, 4.69) is 11.9 Å². The summed E-state index contributed by atoms with van der Waals surface area (Å²) in [5.74, 6) is -0.942. The SMILES string of the molecule is CCCCCCCCCC(=O)[As]c1cc(C(=O)O)c2cc[nH]c2c1. The zero-order valence-electron chi connectivity index (χ0n) is 14.2. The van der Waals surface area contributed by atoms with E-state index in [1.807, 2.05) is 6.07 Å². The minimum absolute atomic E-state index is 0.280. The summed E-state index contributed by atoms with van der Waals surface area (Å²) >= 11 is -0.626. The third kappa shape index (κ3) is 5.52. The molecule has 0 saturated heterocycles. The molecule has 2 N–H and O–H groups in total. The van der Waals surface area contributed by atoms with Gasteiger partial charge >= 0.3 is 149 Å². The van der Waals surface area contributed by atoms with Gasteiger partial charge in [0.15, 0.2) is 0 Å². The van der Waals surface area contributed by atoms with Crippen LogP contribution in [0.25, 0.3) is 10.9 Å². The summed E-state index contributed by atoms with van der Waals surface area (Å²) in [6.07, 6.45) is 10.8. The van der Waals surface area contributed by atoms with Crippen LogP contribution in [0.4, 0.5) is 0 Å². The predicted octanol–water partition coefficient (Wildman–Crippen LogP) is 3.86. The number of rotatable bonds is 11. The first-order valence-corrected chi connectivity index (χ1v) is 10.6. The van der Waals surface area contributed by atoms with Crippen molar-refractivity contribution >= 4 is 41.5 Å². The summed E-state index contributed by atoms with van der Waals surface area (Å²) in [5.41, 5.74) is 1.08. The molecule has 0 aliphatic heterocycles. The monoisotopic (exact) mass is 390 g/mol. The van der Waals surface area contributed by atoms with Gasteiger partial charge in [0.1, 0.15) is 0 Å². The zero-order chi connectivity index (χ0) is 17.4. The number of aromatic amines is 1. The molecule has 0 atom stereocenters. The number of carbonyl (C=O) groups excluding carboxylic acids is 1. The molecule has 1 aromatic carbocycles. The summed E-state index contributed by atoms with van der Waals surface area (Å²) in [6, 6.07) is 5.35. The molecule has 1 heterocycles. The van der Waals surface area contributed by atoms with E-state index < -0.39 is 21.7 Å². The van der Waals surface area contributed by atoms with Gasteiger partial charge < -0.3 is 0 Å². The predicted molar refractivity (Wildman–Crippen MR) is 98.3 cm³/mol. The van der Waals surface area contributed by atoms with E-state index in [-0.39, 0.29) is 10.1 Å². The second-order valence-electron chi connectivity index (χ2n) is 6.11. The van der Waals surface area contributed by atoms with Gasteiger partial charge in [0.25, 0.3) is 0 Å². The fraction of sp³-hybridized carbons (Fsp3) is 0.474. The van der Waals surface area contributed by atoms with Crippen LogP contribution < -0.4 is 4.35 Å². The van der Waals surface area contributed by atoms with Crippen molar-refractivity contribution in [3.8, 4) is 0 Å². The number of fused-ring (bicyclic) bond motifs is 1. The van der Waals surface area contributed by atoms with Crippen molar-refractivity contribution in [3.63, 3.8) is 0 Å². The molecule has 0 aliphatic carbocycles. The Labute approximate surface area is 149 Å². The molecule has 0 fully saturated rings. The number of hydrogen-bond donors (Lipinski definition) is 2. The Kier molecular flexibility index (Phi) is 7.58. The third-order valence-electron chi connectivity index (χ3n) is 4.13. The molecule has 1 aromatic heterocycles. The van der Waals surface area contributed by atoms with Crippen LogP contribution in [0.1, 0.15) is 68.6 Å². The van der Waals surface area contributed by atoms with Gasteiger partial charge in [0.2, 0.25) is 0 Å². The minimum atomic E-state index is -0.942. The van der Waals surface area contributed by atoms with Crippen molar-refractivity contribution in [1.29, 1.82) is 0 Å². The number of carboxylic acids is 1. The van der Waals surface area contributed by atoms with Crippen LogP contribution >= 0.6 is 0 Å². The quantitative estimate of drug-likeness (QED) is 0.452. The van der Waals surface area contributed by atoms with Crippen molar-refractivity contribution in [2.45, 2.75) is 58.3 Å². The van der Waals surface area contributed by atoms with Crippen LogP contribution in [-0.2, 0) is 4.79 Å². The second kappa shape index (κ2) is 9.68. The number of aromatic nitrogens is 1. The Morgan fingerprint density at radius 1 is 1.08 bits per heavy atom. The molecule has 2 aromatic rings. The molecule has 24 heavy (non-hydrogen) atoms. The summed E-state index contributed by atoms with van der Waals surface area (Å²) in [6.45, 7) is 2.21. The van der Waals surface area contributed by atoms with Crippen molar-refractivity contribution in [2.24, 2.45) is 0 Å². The summed E-state index contributed by atoms with van der Waals surface area (Å²) in [5, 5.41) is 10.0. The normalized spacial score (nSPS) is 11.5. The Bertz CT molecular complexity index is 693. The Morgan fingerprint density at radius 3 is 2.50 bits per heavy atom. The van der Waals surface area contributed by atoms with Gasteiger partial charge in [0.05, 0.1) is 0 Å². The van der Waals surface area contributed by atoms with Crippen molar-refractivity contribution in [2.75, 3.05) is 0 Å². The number of nitrogens with one attached hydrogen (secondary N) is 1. The van der Waals surface area contributed by atoms with E-state index in [0.29, 0.717) is 11.8 Å². The fourth-order valence-electron chi connectivity index (χ4n) is 2.83. The molecule has 2 rings (SSSR count). The number of unbranched alkanes of at least 4 members (excludes halogenated alkanes) is 6. The Balaban J connectivity index is 1.83. The van der Waals surface area contributed by atoms with Crippen LogP contribution in [0.2, 0.25) is 0 Å². The van der Waals surface area contributed by atoms with Crippen LogP contribution in [-0.4, -0.2) is 36.4 Å². The maximum atomic E-state index is 12.2. The molecule has 0 saturated carbocycles. The topological polar surface area (TPSA) is 70.2 Å². The molecular weight excluding hydrogens is 365 g/mol. The van der Waals surface area contributed by atoms with Crippen LogP contribution in [0, 0.1) is 0 Å². The molecule has 4 nitrogen and oxygen atoms in total. The van der Waals surface area contributed by atoms with Gasteiger partial charge in [-0.2, -0.15) is 0 Å². The maximum absolute atomic E-state index is 12.2. The van der Waals surface area contributed by atoms with Gasteiger partial charge in [-0.25, -0.2) is 0 Å². The first-order valence-electron chi connectivity index (χ1n) is 8.71. The number of aromatic carboxylic acids is 1. The van der Waals surface area contributed by atoms with Crippen LogP contribution in [0.3, 0.4) is 0 Å². The number of hydrogen-bond acceptors (Lipinski definition) is 2. The molecule has 0 spiro atoms. The molecular formula is C19H25AsNO3. The van der Waals surface area contributed by atoms with E-state index in [9.17, 15) is 14.7 Å².